The van der Waals surface area contributed by atoms with Crippen LogP contribution in [0.5, 0.6) is 5.75 Å². The molecule has 2 aromatic rings. The number of carbonyl (C=O) groups is 1. The van der Waals surface area contributed by atoms with Gasteiger partial charge in [0, 0.05) is 18.2 Å². The molecule has 1 aliphatic carbocycles. The maximum atomic E-state index is 12.8. The normalized spacial score (nSPS) is 20.6. The Balaban J connectivity index is 1.47. The molecule has 0 radical (unpaired) electrons. The number of benzene rings is 1. The summed E-state index contributed by atoms with van der Waals surface area (Å²) < 4.78 is 10.8. The average Bonchev–Trinajstić information content (AvgIpc) is 3.38. The maximum absolute atomic E-state index is 12.8. The summed E-state index contributed by atoms with van der Waals surface area (Å²) in [5.74, 6) is 1.76. The summed E-state index contributed by atoms with van der Waals surface area (Å²) in [4.78, 5) is 19.2. The first kappa shape index (κ1) is 17.8. The van der Waals surface area contributed by atoms with E-state index in [0.29, 0.717) is 17.8 Å². The number of amides is 2. The van der Waals surface area contributed by atoms with Gasteiger partial charge < -0.3 is 19.5 Å². The van der Waals surface area contributed by atoms with Crippen LogP contribution in [-0.4, -0.2) is 40.8 Å². The topological polar surface area (TPSA) is 80.5 Å². The predicted octanol–water partition coefficient (Wildman–Crippen LogP) is 3.92. The van der Waals surface area contributed by atoms with Crippen LogP contribution in [0.1, 0.15) is 56.9 Å². The number of nitrogens with one attached hydrogen (secondary N) is 1. The average molecular weight is 370 g/mol. The van der Waals surface area contributed by atoms with E-state index < -0.39 is 0 Å². The number of aromatic nitrogens is 2. The van der Waals surface area contributed by atoms with E-state index in [1.807, 2.05) is 29.2 Å². The van der Waals surface area contributed by atoms with E-state index in [9.17, 15) is 4.79 Å². The number of ether oxygens (including phenoxy) is 1. The molecule has 4 rings (SSSR count). The minimum absolute atomic E-state index is 0.00877. The van der Waals surface area contributed by atoms with Crippen LogP contribution in [0.2, 0.25) is 0 Å². The Morgan fingerprint density at radius 3 is 2.89 bits per heavy atom. The molecule has 1 N–H and O–H groups in total. The molecular formula is C20H26N4O3. The highest BCUT2D eigenvalue weighted by Gasteiger charge is 2.35. The zero-order valence-electron chi connectivity index (χ0n) is 15.7. The van der Waals surface area contributed by atoms with Crippen molar-refractivity contribution < 1.29 is 14.1 Å². The quantitative estimate of drug-likeness (QED) is 0.882. The molecule has 2 aliphatic rings. The van der Waals surface area contributed by atoms with Crippen LogP contribution in [0.3, 0.4) is 0 Å². The van der Waals surface area contributed by atoms with Crippen molar-refractivity contribution in [3.63, 3.8) is 0 Å². The van der Waals surface area contributed by atoms with E-state index in [-0.39, 0.29) is 12.1 Å². The maximum Gasteiger partial charge on any atom is 0.318 e. The van der Waals surface area contributed by atoms with E-state index >= 15 is 0 Å². The summed E-state index contributed by atoms with van der Waals surface area (Å²) in [6.45, 7) is 0.722. The summed E-state index contributed by atoms with van der Waals surface area (Å²) >= 11 is 0. The molecule has 1 aromatic heterocycles. The van der Waals surface area contributed by atoms with Crippen LogP contribution in [0.15, 0.2) is 28.8 Å². The second-order valence-corrected chi connectivity index (χ2v) is 7.32. The molecule has 0 spiro atoms. The molecule has 0 bridgehead atoms. The molecule has 1 aliphatic heterocycles. The smallest absolute Gasteiger partial charge is 0.318 e. The Morgan fingerprint density at radius 1 is 1.22 bits per heavy atom. The largest absolute Gasteiger partial charge is 0.497 e. The fraction of sp³-hybridized carbons (Fsp3) is 0.550. The van der Waals surface area contributed by atoms with Gasteiger partial charge in [-0.3, -0.25) is 0 Å². The molecule has 1 saturated heterocycles. The Labute approximate surface area is 159 Å². The van der Waals surface area contributed by atoms with Crippen LogP contribution < -0.4 is 10.1 Å². The molecule has 1 aromatic carbocycles. The van der Waals surface area contributed by atoms with Gasteiger partial charge in [-0.2, -0.15) is 4.98 Å². The number of nitrogens with zero attached hydrogens (tertiary/aromatic N) is 3. The molecular weight excluding hydrogens is 344 g/mol. The first-order valence-corrected chi connectivity index (χ1v) is 9.80. The Morgan fingerprint density at radius 2 is 2.07 bits per heavy atom. The molecule has 2 fully saturated rings. The summed E-state index contributed by atoms with van der Waals surface area (Å²) in [5.41, 5.74) is 0.834. The summed E-state index contributed by atoms with van der Waals surface area (Å²) in [6.07, 6.45) is 7.60. The third-order valence-electron chi connectivity index (χ3n) is 5.50. The monoisotopic (exact) mass is 370 g/mol. The van der Waals surface area contributed by atoms with Gasteiger partial charge in [-0.25, -0.2) is 4.79 Å². The van der Waals surface area contributed by atoms with Crippen molar-refractivity contribution in [1.82, 2.24) is 20.4 Å². The number of hydrogen-bond donors (Lipinski definition) is 1. The highest BCUT2D eigenvalue weighted by atomic mass is 16.5. The van der Waals surface area contributed by atoms with Crippen LogP contribution in [0, 0.1) is 0 Å². The minimum Gasteiger partial charge on any atom is -0.497 e. The van der Waals surface area contributed by atoms with Crippen LogP contribution in [0.25, 0.3) is 11.4 Å². The van der Waals surface area contributed by atoms with Crippen molar-refractivity contribution in [2.45, 2.75) is 57.0 Å². The highest BCUT2D eigenvalue weighted by molar-refractivity contribution is 5.75. The van der Waals surface area contributed by atoms with Gasteiger partial charge in [0.1, 0.15) is 11.8 Å². The summed E-state index contributed by atoms with van der Waals surface area (Å²) in [6, 6.07) is 7.69. The Kier molecular flexibility index (Phi) is 5.27. The van der Waals surface area contributed by atoms with Crippen LogP contribution in [0.4, 0.5) is 4.79 Å². The zero-order valence-corrected chi connectivity index (χ0v) is 15.7. The Bertz CT molecular complexity index is 785. The van der Waals surface area contributed by atoms with Gasteiger partial charge in [0.15, 0.2) is 0 Å². The number of hydrogen-bond acceptors (Lipinski definition) is 5. The van der Waals surface area contributed by atoms with Crippen molar-refractivity contribution >= 4 is 6.03 Å². The van der Waals surface area contributed by atoms with Gasteiger partial charge in [-0.05, 0) is 37.8 Å². The SMILES string of the molecule is COc1cccc(-c2noc([C@@H]3CCCN3C(=O)NC3CCCCC3)n2)c1. The van der Waals surface area contributed by atoms with E-state index in [4.69, 9.17) is 9.26 Å². The molecule has 1 saturated carbocycles. The zero-order chi connectivity index (χ0) is 18.6. The van der Waals surface area contributed by atoms with Crippen molar-refractivity contribution in [1.29, 1.82) is 0 Å². The van der Waals surface area contributed by atoms with Crippen molar-refractivity contribution in [2.24, 2.45) is 0 Å². The number of rotatable bonds is 4. The first-order valence-electron chi connectivity index (χ1n) is 9.80. The second kappa shape index (κ2) is 7.98. The van der Waals surface area contributed by atoms with Crippen LogP contribution in [-0.2, 0) is 0 Å². The molecule has 2 heterocycles. The molecule has 0 unspecified atom stereocenters. The molecule has 7 nitrogen and oxygen atoms in total. The lowest BCUT2D eigenvalue weighted by atomic mass is 9.96. The van der Waals surface area contributed by atoms with E-state index in [1.165, 1.54) is 19.3 Å². The third-order valence-corrected chi connectivity index (χ3v) is 5.50. The predicted molar refractivity (Wildman–Crippen MR) is 100 cm³/mol. The fourth-order valence-corrected chi connectivity index (χ4v) is 4.02. The summed E-state index contributed by atoms with van der Waals surface area (Å²) in [7, 11) is 1.63. The van der Waals surface area contributed by atoms with Gasteiger partial charge in [0.05, 0.1) is 7.11 Å². The lowest BCUT2D eigenvalue weighted by Crippen LogP contribution is -2.45. The van der Waals surface area contributed by atoms with Gasteiger partial charge in [-0.15, -0.1) is 0 Å². The van der Waals surface area contributed by atoms with E-state index in [1.54, 1.807) is 7.11 Å². The van der Waals surface area contributed by atoms with Crippen molar-refractivity contribution in [3.05, 3.63) is 30.2 Å². The lowest BCUT2D eigenvalue weighted by molar-refractivity contribution is 0.173. The summed E-state index contributed by atoms with van der Waals surface area (Å²) in [5, 5.41) is 7.31. The molecule has 144 valence electrons. The standard InChI is InChI=1S/C20H26N4O3/c1-26-16-10-5-7-14(13-16)18-22-19(27-23-18)17-11-6-12-24(17)20(25)21-15-8-3-2-4-9-15/h5,7,10,13,15,17H,2-4,6,8-9,11-12H2,1H3,(H,21,25)/t17-/m0/s1. The lowest BCUT2D eigenvalue weighted by Gasteiger charge is -2.28. The van der Waals surface area contributed by atoms with Crippen molar-refractivity contribution in [3.8, 4) is 17.1 Å². The number of likely N-dealkylation sites (tertiary alicyclic amines) is 1. The number of carbonyl (C=O) groups excluding carboxylic acids is 1. The highest BCUT2D eigenvalue weighted by Crippen LogP contribution is 2.32. The van der Waals surface area contributed by atoms with E-state index in [2.05, 4.69) is 15.5 Å². The molecule has 2 amide bonds. The second-order valence-electron chi connectivity index (χ2n) is 7.32. The van der Waals surface area contributed by atoms with Crippen molar-refractivity contribution in [2.75, 3.05) is 13.7 Å². The Hall–Kier alpha value is -2.57. The fourth-order valence-electron chi connectivity index (χ4n) is 4.02. The van der Waals surface area contributed by atoms with Gasteiger partial charge in [-0.1, -0.05) is 36.6 Å². The first-order chi connectivity index (χ1) is 13.2. The van der Waals surface area contributed by atoms with Gasteiger partial charge in [0.2, 0.25) is 11.7 Å². The van der Waals surface area contributed by atoms with Crippen LogP contribution >= 0.6 is 0 Å². The molecule has 1 atom stereocenters. The molecule has 7 heteroatoms. The van der Waals surface area contributed by atoms with Gasteiger partial charge >= 0.3 is 6.03 Å². The van der Waals surface area contributed by atoms with Gasteiger partial charge in [0.25, 0.3) is 0 Å². The minimum atomic E-state index is -0.152. The third kappa shape index (κ3) is 3.91. The number of methoxy groups -OCH3 is 1. The number of urea groups is 1. The van der Waals surface area contributed by atoms with E-state index in [0.717, 1.165) is 43.5 Å². The molecule has 27 heavy (non-hydrogen) atoms.